The first kappa shape index (κ1) is 29.8. The number of ether oxygens (including phenoxy) is 1. The van der Waals surface area contributed by atoms with Crippen molar-refractivity contribution in [1.29, 1.82) is 0 Å². The van der Waals surface area contributed by atoms with E-state index in [-0.39, 0.29) is 36.4 Å². The fourth-order valence-electron chi connectivity index (χ4n) is 4.71. The minimum atomic E-state index is -1.55. The summed E-state index contributed by atoms with van der Waals surface area (Å²) < 4.78 is 21.0. The number of likely N-dealkylation sites (N-methyl/N-ethyl adjacent to an activating group) is 1. The molecule has 0 amide bonds. The van der Waals surface area contributed by atoms with Gasteiger partial charge in [0.05, 0.1) is 35.6 Å². The molecule has 6 N–H and O–H groups in total. The number of fused-ring (bicyclic) bond motifs is 5. The molecule has 0 bridgehead atoms. The lowest BCUT2D eigenvalue weighted by atomic mass is 9.97. The summed E-state index contributed by atoms with van der Waals surface area (Å²) in [4.78, 5) is 29.9. The van der Waals surface area contributed by atoms with E-state index >= 15 is 0 Å². The van der Waals surface area contributed by atoms with Gasteiger partial charge in [0.1, 0.15) is 12.4 Å². The number of pyridine rings is 2. The van der Waals surface area contributed by atoms with Gasteiger partial charge in [0, 0.05) is 41.0 Å². The molecule has 0 saturated heterocycles. The number of aliphatic hydroxyl groups is 1. The highest BCUT2D eigenvalue weighted by atomic mass is 19.1. The molecule has 0 aliphatic carbocycles. The van der Waals surface area contributed by atoms with E-state index in [9.17, 15) is 19.1 Å². The van der Waals surface area contributed by atoms with Gasteiger partial charge in [0.2, 0.25) is 0 Å². The third-order valence-corrected chi connectivity index (χ3v) is 6.41. The number of nitrogens with zero attached hydrogens (tertiary/aromatic N) is 3. The summed E-state index contributed by atoms with van der Waals surface area (Å²) in [7, 11) is 1.77. The predicted molar refractivity (Wildman–Crippen MR) is 149 cm³/mol. The second-order valence-electron chi connectivity index (χ2n) is 8.81. The highest BCUT2D eigenvalue weighted by Gasteiger charge is 2.34. The smallest absolute Gasteiger partial charge is 0.340 e. The Morgan fingerprint density at radius 2 is 1.95 bits per heavy atom. The fourth-order valence-corrected chi connectivity index (χ4v) is 4.71. The molecule has 0 spiro atoms. The molecule has 3 aromatic rings. The number of carbonyl (C=O) groups is 1. The van der Waals surface area contributed by atoms with Gasteiger partial charge in [0.15, 0.2) is 6.10 Å². The number of aromatic nitrogens is 2. The van der Waals surface area contributed by atoms with Crippen molar-refractivity contribution in [3.63, 3.8) is 0 Å². The zero-order chi connectivity index (χ0) is 29.0. The van der Waals surface area contributed by atoms with Gasteiger partial charge >= 0.3 is 5.97 Å². The summed E-state index contributed by atoms with van der Waals surface area (Å²) >= 11 is 0. The third kappa shape index (κ3) is 5.51. The molecular formula is C28H37FN6O4. The van der Waals surface area contributed by atoms with Gasteiger partial charge in [-0.1, -0.05) is 27.7 Å². The van der Waals surface area contributed by atoms with Crippen molar-refractivity contribution in [1.82, 2.24) is 19.9 Å². The maximum atomic E-state index is 14.5. The van der Waals surface area contributed by atoms with Crippen molar-refractivity contribution < 1.29 is 19.0 Å². The van der Waals surface area contributed by atoms with E-state index in [2.05, 4.69) is 10.3 Å². The van der Waals surface area contributed by atoms with E-state index in [0.717, 1.165) is 11.1 Å². The molecule has 39 heavy (non-hydrogen) atoms. The van der Waals surface area contributed by atoms with Gasteiger partial charge < -0.3 is 30.5 Å². The first-order valence-electron chi connectivity index (χ1n) is 13.0. The number of cyclic esters (lactones) is 1. The zero-order valence-electron chi connectivity index (χ0n) is 23.3. The first-order valence-corrected chi connectivity index (χ1v) is 13.0. The molecule has 1 atom stereocenters. The van der Waals surface area contributed by atoms with Crippen LogP contribution in [-0.2, 0) is 29.2 Å². The molecule has 2 aliphatic rings. The number of esters is 1. The molecule has 4 heterocycles. The van der Waals surface area contributed by atoms with Crippen molar-refractivity contribution in [2.45, 2.75) is 60.4 Å². The number of hydrazine groups is 1. The monoisotopic (exact) mass is 540 g/mol. The van der Waals surface area contributed by atoms with Crippen LogP contribution in [0.2, 0.25) is 0 Å². The number of hydrogen-bond acceptors (Lipinski definition) is 9. The number of halogens is 1. The van der Waals surface area contributed by atoms with E-state index in [1.165, 1.54) is 15.6 Å². The molecule has 1 aromatic carbocycles. The summed E-state index contributed by atoms with van der Waals surface area (Å²) in [6.45, 7) is 10.3. The molecule has 1 unspecified atom stereocenters. The molecule has 2 aliphatic heterocycles. The second kappa shape index (κ2) is 12.4. The van der Waals surface area contributed by atoms with Gasteiger partial charge in [-0.05, 0) is 37.2 Å². The van der Waals surface area contributed by atoms with Crippen LogP contribution >= 0.6 is 0 Å². The lowest BCUT2D eigenvalue weighted by Crippen LogP contribution is -2.32. The molecule has 2 aromatic heterocycles. The Balaban J connectivity index is 0.00000100. The van der Waals surface area contributed by atoms with E-state index in [1.807, 2.05) is 27.7 Å². The average molecular weight is 541 g/mol. The Bertz CT molecular complexity index is 1480. The van der Waals surface area contributed by atoms with Crippen LogP contribution in [0.3, 0.4) is 0 Å². The number of aryl methyl sites for hydroxylation is 1. The Labute approximate surface area is 227 Å². The average Bonchev–Trinajstić information content (AvgIpc) is 3.29. The van der Waals surface area contributed by atoms with E-state index in [0.29, 0.717) is 40.1 Å². The molecule has 0 fully saturated rings. The zero-order valence-corrected chi connectivity index (χ0v) is 23.3. The summed E-state index contributed by atoms with van der Waals surface area (Å²) in [6.07, 6.45) is 0.0545. The van der Waals surface area contributed by atoms with Crippen molar-refractivity contribution in [3.8, 4) is 11.4 Å². The Hall–Kier alpha value is -3.80. The van der Waals surface area contributed by atoms with Crippen LogP contribution in [0.25, 0.3) is 22.3 Å². The number of nitrogens with one attached hydrogen (secondary N) is 1. The van der Waals surface area contributed by atoms with Crippen LogP contribution in [0.15, 0.2) is 34.9 Å². The minimum absolute atomic E-state index is 0.201. The fraction of sp³-hybridized carbons (Fsp3) is 0.393. The topological polar surface area (TPSA) is 149 Å². The van der Waals surface area contributed by atoms with Crippen LogP contribution in [-0.4, -0.2) is 39.2 Å². The van der Waals surface area contributed by atoms with Gasteiger partial charge in [-0.2, -0.15) is 0 Å². The van der Waals surface area contributed by atoms with Gasteiger partial charge in [-0.3, -0.25) is 4.79 Å². The van der Waals surface area contributed by atoms with E-state index in [1.54, 1.807) is 32.3 Å². The predicted octanol–water partition coefficient (Wildman–Crippen LogP) is 2.71. The number of carbonyl (C=O) groups excluding carboxylic acids is 1. The lowest BCUT2D eigenvalue weighted by molar-refractivity contribution is -0.157. The highest BCUT2D eigenvalue weighted by Crippen LogP contribution is 2.38. The standard InChI is InChI=1S/C24H25FN6O4.2C2H6/c1-11-3-13-15(8-30(27)7-12(26)6-28-2)16-9-31-20(21(16)29-19(13)5-18(11)25)4-14-17(23(31)33)10-35-24(34)22(14)32;2*1-2/h3-5,7,22,28,32H,6,8-10,26-27H2,1-2H3;2*1-2H3/b12-7-;;. The van der Waals surface area contributed by atoms with Gasteiger partial charge in [-0.15, -0.1) is 0 Å². The summed E-state index contributed by atoms with van der Waals surface area (Å²) in [5.41, 5.74) is 9.88. The second-order valence-corrected chi connectivity index (χ2v) is 8.81. The van der Waals surface area contributed by atoms with Crippen LogP contribution < -0.4 is 22.5 Å². The van der Waals surface area contributed by atoms with Gasteiger partial charge in [-0.25, -0.2) is 20.0 Å². The molecule has 10 nitrogen and oxygen atoms in total. The van der Waals surface area contributed by atoms with Crippen molar-refractivity contribution in [2.24, 2.45) is 11.6 Å². The quantitative estimate of drug-likeness (QED) is 0.170. The summed E-state index contributed by atoms with van der Waals surface area (Å²) in [6, 6.07) is 4.66. The Morgan fingerprint density at radius 3 is 2.62 bits per heavy atom. The maximum Gasteiger partial charge on any atom is 0.340 e. The number of nitrogens with two attached hydrogens (primary N) is 2. The Morgan fingerprint density at radius 1 is 1.26 bits per heavy atom. The normalized spacial score (nSPS) is 15.3. The summed E-state index contributed by atoms with van der Waals surface area (Å²) in [5, 5.41) is 15.4. The molecule has 0 saturated carbocycles. The Kier molecular flexibility index (Phi) is 9.44. The van der Waals surface area contributed by atoms with Crippen molar-refractivity contribution in [3.05, 3.63) is 74.1 Å². The number of benzene rings is 1. The van der Waals surface area contributed by atoms with Crippen LogP contribution in [0, 0.1) is 12.7 Å². The van der Waals surface area contributed by atoms with Crippen molar-refractivity contribution in [2.75, 3.05) is 13.6 Å². The van der Waals surface area contributed by atoms with E-state index in [4.69, 9.17) is 16.3 Å². The number of rotatable bonds is 5. The van der Waals surface area contributed by atoms with Gasteiger partial charge in [0.25, 0.3) is 5.56 Å². The first-order chi connectivity index (χ1) is 18.7. The molecule has 0 radical (unpaired) electrons. The number of hydrogen-bond donors (Lipinski definition) is 4. The van der Waals surface area contributed by atoms with Crippen LogP contribution in [0.4, 0.5) is 4.39 Å². The molecular weight excluding hydrogens is 503 g/mol. The SMILES string of the molecule is CC.CC.CNC/C(N)=C/N(N)Cc1c2c(nc3cc(F)c(C)cc13)-c1cc3c(c(=O)n1C2)COC(=O)C3O. The minimum Gasteiger partial charge on any atom is -0.458 e. The summed E-state index contributed by atoms with van der Waals surface area (Å²) in [5.74, 6) is 5.04. The van der Waals surface area contributed by atoms with E-state index < -0.39 is 17.9 Å². The molecule has 210 valence electrons. The maximum absolute atomic E-state index is 14.5. The third-order valence-electron chi connectivity index (χ3n) is 6.41. The molecule has 11 heteroatoms. The lowest BCUT2D eigenvalue weighted by Gasteiger charge is -2.21. The molecule has 5 rings (SSSR count). The van der Waals surface area contributed by atoms with Crippen LogP contribution in [0.1, 0.15) is 61.6 Å². The largest absolute Gasteiger partial charge is 0.458 e. The number of aliphatic hydroxyl groups excluding tert-OH is 1. The van der Waals surface area contributed by atoms with Crippen LogP contribution in [0.5, 0.6) is 0 Å². The highest BCUT2D eigenvalue weighted by molar-refractivity contribution is 5.89. The van der Waals surface area contributed by atoms with Crippen molar-refractivity contribution >= 4 is 16.9 Å².